The molecule has 3 saturated heterocycles. The lowest BCUT2D eigenvalue weighted by Crippen LogP contribution is -2.70. The summed E-state index contributed by atoms with van der Waals surface area (Å²) in [6.07, 6.45) is 1.32. The summed E-state index contributed by atoms with van der Waals surface area (Å²) in [5.41, 5.74) is 0.569. The molecule has 13 heteroatoms. The zero-order valence-electron chi connectivity index (χ0n) is 25.1. The average molecular weight is 641 g/mol. The minimum absolute atomic E-state index is 0.0266. The highest BCUT2D eigenvalue weighted by Gasteiger charge is 2.61. The predicted octanol–water partition coefficient (Wildman–Crippen LogP) is 4.61. The number of esters is 1. The summed E-state index contributed by atoms with van der Waals surface area (Å²) in [5.74, 6) is -9.42. The SMILES string of the molecule is CCOC(=O)/C(F)=C/[C@H](C[C@H]1CCNC1=O)NC(=O)[C@@H]1[C@H]2CC[C@H](CC2(F)F)N1C(=O)[C@@H](CC(C)C)Nc1cccc(Cl)c1. The second kappa shape index (κ2) is 14.2. The number of hydrogen-bond acceptors (Lipinski definition) is 6. The van der Waals surface area contributed by atoms with Crippen LogP contribution in [0, 0.1) is 17.8 Å². The predicted molar refractivity (Wildman–Crippen MR) is 159 cm³/mol. The maximum absolute atomic E-state index is 15.3. The topological polar surface area (TPSA) is 117 Å². The first-order chi connectivity index (χ1) is 20.8. The number of hydrogen-bond donors (Lipinski definition) is 3. The fraction of sp³-hybridized carbons (Fsp3) is 0.613. The molecular formula is C31H40ClF3N4O5. The minimum Gasteiger partial charge on any atom is -0.461 e. The Balaban J connectivity index is 1.65. The summed E-state index contributed by atoms with van der Waals surface area (Å²) < 4.78 is 50.1. The van der Waals surface area contributed by atoms with Crippen LogP contribution in [0.3, 0.4) is 0 Å². The van der Waals surface area contributed by atoms with Crippen LogP contribution in [0.2, 0.25) is 5.02 Å². The van der Waals surface area contributed by atoms with E-state index in [2.05, 4.69) is 16.0 Å². The molecule has 5 rings (SSSR count). The Kier molecular flexibility index (Phi) is 10.9. The molecule has 1 aliphatic carbocycles. The summed E-state index contributed by atoms with van der Waals surface area (Å²) in [4.78, 5) is 53.7. The Morgan fingerprint density at radius 1 is 1.23 bits per heavy atom. The number of halogens is 4. The van der Waals surface area contributed by atoms with E-state index in [1.54, 1.807) is 24.3 Å². The standard InChI is InChI=1S/C31H40ClF3N4O5/c1-4-44-30(43)24(33)15-21(13-18-10-11-36-27(18)40)38-28(41)26-23-9-8-22(16-31(23,34)35)39(26)29(42)25(12-17(2)3)37-20-7-5-6-19(32)14-20/h5-7,14-15,17-18,21-23,25-26,37H,4,8-13,16H2,1-3H3,(H,36,40)(H,38,41)/b24-15-/t18-,21+,22-,23-,25-,26+/m1/s1. The van der Waals surface area contributed by atoms with E-state index in [4.69, 9.17) is 16.3 Å². The Morgan fingerprint density at radius 2 is 1.98 bits per heavy atom. The molecule has 3 amide bonds. The second-order valence-electron chi connectivity index (χ2n) is 12.2. The van der Waals surface area contributed by atoms with Gasteiger partial charge in [0.25, 0.3) is 5.92 Å². The van der Waals surface area contributed by atoms with Gasteiger partial charge >= 0.3 is 5.97 Å². The van der Waals surface area contributed by atoms with Crippen molar-refractivity contribution in [1.29, 1.82) is 0 Å². The molecule has 9 nitrogen and oxygen atoms in total. The number of amides is 3. The number of benzene rings is 1. The number of carbonyl (C=O) groups is 4. The molecule has 0 radical (unpaired) electrons. The highest BCUT2D eigenvalue weighted by molar-refractivity contribution is 6.30. The second-order valence-corrected chi connectivity index (χ2v) is 12.6. The number of fused-ring (bicyclic) bond motifs is 3. The van der Waals surface area contributed by atoms with Gasteiger partial charge in [0.05, 0.1) is 18.6 Å². The maximum atomic E-state index is 15.3. The first-order valence-corrected chi connectivity index (χ1v) is 15.5. The maximum Gasteiger partial charge on any atom is 0.366 e. The third kappa shape index (κ3) is 7.86. The summed E-state index contributed by atoms with van der Waals surface area (Å²) in [6, 6.07) is 2.33. The van der Waals surface area contributed by atoms with Gasteiger partial charge in [0.1, 0.15) is 12.1 Å². The van der Waals surface area contributed by atoms with E-state index in [0.29, 0.717) is 36.5 Å². The molecule has 0 unspecified atom stereocenters. The van der Waals surface area contributed by atoms with Gasteiger partial charge < -0.3 is 25.6 Å². The highest BCUT2D eigenvalue weighted by atomic mass is 35.5. The number of anilines is 1. The van der Waals surface area contributed by atoms with Crippen molar-refractivity contribution in [1.82, 2.24) is 15.5 Å². The molecule has 0 spiro atoms. The Bertz CT molecular complexity index is 1280. The van der Waals surface area contributed by atoms with Crippen molar-refractivity contribution in [3.05, 3.63) is 41.2 Å². The highest BCUT2D eigenvalue weighted by Crippen LogP contribution is 2.49. The van der Waals surface area contributed by atoms with Crippen LogP contribution in [0.1, 0.15) is 59.3 Å². The number of rotatable bonds is 12. The van der Waals surface area contributed by atoms with Crippen LogP contribution in [-0.2, 0) is 23.9 Å². The van der Waals surface area contributed by atoms with E-state index in [9.17, 15) is 23.6 Å². The monoisotopic (exact) mass is 640 g/mol. The van der Waals surface area contributed by atoms with Gasteiger partial charge in [-0.05, 0) is 69.2 Å². The molecule has 3 aliphatic heterocycles. The fourth-order valence-electron chi connectivity index (χ4n) is 6.53. The van der Waals surface area contributed by atoms with E-state index < -0.39 is 72.0 Å². The lowest BCUT2D eigenvalue weighted by Gasteiger charge is -2.54. The van der Waals surface area contributed by atoms with E-state index in [-0.39, 0.29) is 31.3 Å². The van der Waals surface area contributed by atoms with Crippen molar-refractivity contribution in [3.63, 3.8) is 0 Å². The van der Waals surface area contributed by atoms with Crippen molar-refractivity contribution in [2.75, 3.05) is 18.5 Å². The number of carbonyl (C=O) groups excluding carboxylic acids is 4. The number of alkyl halides is 2. The van der Waals surface area contributed by atoms with E-state index in [1.807, 2.05) is 13.8 Å². The Labute approximate surface area is 260 Å². The van der Waals surface area contributed by atoms with Crippen molar-refractivity contribution >= 4 is 41.0 Å². The minimum atomic E-state index is -3.21. The molecule has 1 saturated carbocycles. The molecule has 4 aliphatic rings. The van der Waals surface area contributed by atoms with Crippen LogP contribution in [0.5, 0.6) is 0 Å². The van der Waals surface area contributed by atoms with Gasteiger partial charge in [0.15, 0.2) is 0 Å². The fourth-order valence-corrected chi connectivity index (χ4v) is 6.72. The molecule has 1 aromatic carbocycles. The summed E-state index contributed by atoms with van der Waals surface area (Å²) in [6.45, 7) is 5.67. The zero-order chi connectivity index (χ0) is 32.2. The molecule has 0 aromatic heterocycles. The molecule has 2 bridgehead atoms. The molecule has 3 heterocycles. The molecule has 3 N–H and O–H groups in total. The normalized spacial score (nSPS) is 25.8. The Morgan fingerprint density at radius 3 is 2.59 bits per heavy atom. The quantitative estimate of drug-likeness (QED) is 0.227. The van der Waals surface area contributed by atoms with Crippen LogP contribution < -0.4 is 16.0 Å². The van der Waals surface area contributed by atoms with Gasteiger partial charge in [-0.25, -0.2) is 13.6 Å². The first-order valence-electron chi connectivity index (χ1n) is 15.1. The molecule has 44 heavy (non-hydrogen) atoms. The van der Waals surface area contributed by atoms with E-state index >= 15 is 8.78 Å². The van der Waals surface area contributed by atoms with Gasteiger partial charge in [-0.3, -0.25) is 14.4 Å². The molecule has 6 atom stereocenters. The summed E-state index contributed by atoms with van der Waals surface area (Å²) >= 11 is 6.14. The van der Waals surface area contributed by atoms with Gasteiger partial charge in [0, 0.05) is 35.6 Å². The van der Waals surface area contributed by atoms with Crippen LogP contribution in [0.15, 0.2) is 36.2 Å². The molecule has 1 aromatic rings. The summed E-state index contributed by atoms with van der Waals surface area (Å²) in [5, 5.41) is 8.90. The number of ether oxygens (including phenoxy) is 1. The van der Waals surface area contributed by atoms with E-state index in [0.717, 1.165) is 6.08 Å². The van der Waals surface area contributed by atoms with Gasteiger partial charge in [-0.15, -0.1) is 0 Å². The third-order valence-corrected chi connectivity index (χ3v) is 8.71. The van der Waals surface area contributed by atoms with Crippen molar-refractivity contribution in [2.24, 2.45) is 17.8 Å². The van der Waals surface area contributed by atoms with Gasteiger partial charge in [-0.2, -0.15) is 4.39 Å². The van der Waals surface area contributed by atoms with Crippen LogP contribution in [-0.4, -0.2) is 71.8 Å². The lowest BCUT2D eigenvalue weighted by molar-refractivity contribution is -0.194. The van der Waals surface area contributed by atoms with Gasteiger partial charge in [0.2, 0.25) is 23.5 Å². The first kappa shape index (κ1) is 33.6. The van der Waals surface area contributed by atoms with E-state index in [1.165, 1.54) is 11.8 Å². The van der Waals surface area contributed by atoms with Crippen LogP contribution >= 0.6 is 11.6 Å². The lowest BCUT2D eigenvalue weighted by atomic mass is 9.71. The largest absolute Gasteiger partial charge is 0.461 e. The number of nitrogens with one attached hydrogen (secondary N) is 3. The molecular weight excluding hydrogens is 601 g/mol. The van der Waals surface area contributed by atoms with Gasteiger partial charge in [-0.1, -0.05) is 31.5 Å². The third-order valence-electron chi connectivity index (χ3n) is 8.48. The number of piperidine rings is 2. The average Bonchev–Trinajstić information content (AvgIpc) is 3.35. The molecule has 4 fully saturated rings. The van der Waals surface area contributed by atoms with Crippen molar-refractivity contribution in [3.8, 4) is 0 Å². The van der Waals surface area contributed by atoms with Crippen molar-refractivity contribution in [2.45, 2.75) is 89.4 Å². The smallest absolute Gasteiger partial charge is 0.366 e. The van der Waals surface area contributed by atoms with Crippen molar-refractivity contribution < 1.29 is 37.1 Å². The molecule has 242 valence electrons. The van der Waals surface area contributed by atoms with Crippen LogP contribution in [0.25, 0.3) is 0 Å². The zero-order valence-corrected chi connectivity index (χ0v) is 25.8. The van der Waals surface area contributed by atoms with Crippen LogP contribution in [0.4, 0.5) is 18.9 Å². The summed E-state index contributed by atoms with van der Waals surface area (Å²) in [7, 11) is 0. The number of nitrogens with zero attached hydrogens (tertiary/aromatic N) is 1. The Hall–Kier alpha value is -3.28.